The minimum absolute atomic E-state index is 0.0439. The molecule has 0 aliphatic carbocycles. The molecular formula is C22H24N2O6. The number of aromatic nitrogens is 1. The lowest BCUT2D eigenvalue weighted by Crippen LogP contribution is -2.46. The highest BCUT2D eigenvalue weighted by molar-refractivity contribution is 5.92. The highest BCUT2D eigenvalue weighted by Gasteiger charge is 2.46. The zero-order valence-electron chi connectivity index (χ0n) is 16.6. The molecule has 4 rings (SSSR count). The molecule has 0 bridgehead atoms. The number of hydrogen-bond acceptors (Lipinski definition) is 7. The number of ether oxygens (including phenoxy) is 3. The Morgan fingerprint density at radius 1 is 1.27 bits per heavy atom. The number of pyridine rings is 1. The van der Waals surface area contributed by atoms with E-state index in [1.54, 1.807) is 30.6 Å². The van der Waals surface area contributed by atoms with Gasteiger partial charge >= 0.3 is 5.97 Å². The third-order valence-corrected chi connectivity index (χ3v) is 5.52. The van der Waals surface area contributed by atoms with E-state index in [0.717, 1.165) is 11.1 Å². The van der Waals surface area contributed by atoms with Crippen LogP contribution in [0.4, 0.5) is 5.69 Å². The Morgan fingerprint density at radius 3 is 2.80 bits per heavy atom. The number of aliphatic hydroxyl groups is 1. The van der Waals surface area contributed by atoms with Gasteiger partial charge < -0.3 is 24.6 Å². The van der Waals surface area contributed by atoms with E-state index in [9.17, 15) is 14.7 Å². The zero-order valence-corrected chi connectivity index (χ0v) is 16.6. The molecule has 158 valence electrons. The summed E-state index contributed by atoms with van der Waals surface area (Å²) in [6, 6.07) is 9.12. The number of rotatable bonds is 6. The Morgan fingerprint density at radius 2 is 2.07 bits per heavy atom. The van der Waals surface area contributed by atoms with Gasteiger partial charge in [0.05, 0.1) is 32.7 Å². The fourth-order valence-electron chi connectivity index (χ4n) is 4.13. The first kappa shape index (κ1) is 20.3. The lowest BCUT2D eigenvalue weighted by molar-refractivity contribution is -0.156. The van der Waals surface area contributed by atoms with E-state index in [1.807, 2.05) is 12.1 Å². The van der Waals surface area contributed by atoms with Crippen molar-refractivity contribution in [2.24, 2.45) is 0 Å². The van der Waals surface area contributed by atoms with Gasteiger partial charge in [0.1, 0.15) is 18.0 Å². The first-order valence-corrected chi connectivity index (χ1v) is 9.90. The van der Waals surface area contributed by atoms with E-state index in [-0.39, 0.29) is 49.5 Å². The van der Waals surface area contributed by atoms with Gasteiger partial charge in [0.2, 0.25) is 5.91 Å². The highest BCUT2D eigenvalue weighted by atomic mass is 16.6. The Labute approximate surface area is 174 Å². The molecule has 0 spiro atoms. The monoisotopic (exact) mass is 412 g/mol. The van der Waals surface area contributed by atoms with Crippen LogP contribution in [0.15, 0.2) is 42.7 Å². The number of anilines is 1. The van der Waals surface area contributed by atoms with Gasteiger partial charge in [0.25, 0.3) is 0 Å². The van der Waals surface area contributed by atoms with Crippen LogP contribution in [-0.2, 0) is 25.5 Å². The number of benzene rings is 1. The van der Waals surface area contributed by atoms with Crippen molar-refractivity contribution in [2.45, 2.75) is 43.5 Å². The molecule has 4 atom stereocenters. The maximum atomic E-state index is 12.4. The molecule has 1 aromatic heterocycles. The van der Waals surface area contributed by atoms with Gasteiger partial charge in [0, 0.05) is 29.6 Å². The fraction of sp³-hybridized carbons (Fsp3) is 0.409. The fourth-order valence-corrected chi connectivity index (χ4v) is 4.13. The topological polar surface area (TPSA) is 107 Å². The zero-order chi connectivity index (χ0) is 21.1. The summed E-state index contributed by atoms with van der Waals surface area (Å²) in [6.07, 6.45) is 3.02. The quantitative estimate of drug-likeness (QED) is 0.697. The number of esters is 1. The van der Waals surface area contributed by atoms with Crippen LogP contribution in [0.5, 0.6) is 5.75 Å². The molecule has 3 heterocycles. The van der Waals surface area contributed by atoms with Crippen LogP contribution in [-0.4, -0.2) is 54.0 Å². The Balaban J connectivity index is 1.49. The normalized spacial score (nSPS) is 24.3. The van der Waals surface area contributed by atoms with Gasteiger partial charge in [-0.2, -0.15) is 0 Å². The molecule has 0 saturated carbocycles. The summed E-state index contributed by atoms with van der Waals surface area (Å²) in [5.74, 6) is 0.183. The first-order valence-electron chi connectivity index (χ1n) is 9.90. The van der Waals surface area contributed by atoms with Gasteiger partial charge in [-0.05, 0) is 42.3 Å². The number of methoxy groups -OCH3 is 1. The molecule has 2 aliphatic rings. The maximum Gasteiger partial charge on any atom is 0.308 e. The van der Waals surface area contributed by atoms with Crippen LogP contribution in [0.1, 0.15) is 29.9 Å². The summed E-state index contributed by atoms with van der Waals surface area (Å²) in [7, 11) is 1.34. The van der Waals surface area contributed by atoms with E-state index in [0.29, 0.717) is 17.9 Å². The molecule has 1 amide bonds. The van der Waals surface area contributed by atoms with E-state index in [4.69, 9.17) is 14.2 Å². The molecule has 1 saturated heterocycles. The van der Waals surface area contributed by atoms with Crippen molar-refractivity contribution in [3.8, 4) is 5.75 Å². The molecule has 2 aliphatic heterocycles. The van der Waals surface area contributed by atoms with Crippen molar-refractivity contribution in [3.63, 3.8) is 0 Å². The number of amides is 1. The summed E-state index contributed by atoms with van der Waals surface area (Å²) in [5, 5.41) is 12.7. The first-order chi connectivity index (χ1) is 14.6. The van der Waals surface area contributed by atoms with Gasteiger partial charge in [-0.1, -0.05) is 0 Å². The van der Waals surface area contributed by atoms with Gasteiger partial charge in [0.15, 0.2) is 0 Å². The molecule has 1 aromatic carbocycles. The number of hydrogen-bond donors (Lipinski definition) is 2. The largest absolute Gasteiger partial charge is 0.487 e. The lowest BCUT2D eigenvalue weighted by Gasteiger charge is -2.36. The number of carbonyl (C=O) groups excluding carboxylic acids is 2. The molecule has 0 unspecified atom stereocenters. The van der Waals surface area contributed by atoms with Crippen molar-refractivity contribution < 1.29 is 28.9 Å². The van der Waals surface area contributed by atoms with Gasteiger partial charge in [-0.3, -0.25) is 14.6 Å². The predicted molar refractivity (Wildman–Crippen MR) is 107 cm³/mol. The number of aliphatic hydroxyl groups excluding tert-OH is 1. The minimum atomic E-state index is -0.532. The van der Waals surface area contributed by atoms with Crippen molar-refractivity contribution in [1.29, 1.82) is 0 Å². The summed E-state index contributed by atoms with van der Waals surface area (Å²) in [6.45, 7) is -0.206. The Bertz CT molecular complexity index is 919. The van der Waals surface area contributed by atoms with Crippen molar-refractivity contribution in [1.82, 2.24) is 4.98 Å². The van der Waals surface area contributed by atoms with E-state index in [1.165, 1.54) is 7.11 Å². The number of nitrogens with one attached hydrogen (secondary N) is 1. The van der Waals surface area contributed by atoms with Gasteiger partial charge in [-0.15, -0.1) is 0 Å². The van der Waals surface area contributed by atoms with Gasteiger partial charge in [-0.25, -0.2) is 0 Å². The van der Waals surface area contributed by atoms with Crippen LogP contribution in [0.3, 0.4) is 0 Å². The summed E-state index contributed by atoms with van der Waals surface area (Å²) < 4.78 is 16.6. The number of carbonyl (C=O) groups is 2. The second-order valence-corrected chi connectivity index (χ2v) is 7.52. The van der Waals surface area contributed by atoms with Crippen LogP contribution < -0.4 is 10.1 Å². The van der Waals surface area contributed by atoms with E-state index < -0.39 is 6.10 Å². The predicted octanol–water partition coefficient (Wildman–Crippen LogP) is 1.82. The standard InChI is InChI=1S/C22H24N2O6/c1-28-21(27)11-15-10-17-16-9-14(24-20(26)8-13-4-6-23-7-5-13)2-3-18(16)30-22(17)19(12-25)29-15/h2-7,9,15,17,19,22,25H,8,10-12H2,1H3,(H,24,26)/t15-,17-,19-,22+/m0/s1. The lowest BCUT2D eigenvalue weighted by atomic mass is 9.84. The average Bonchev–Trinajstić information content (AvgIpc) is 3.11. The van der Waals surface area contributed by atoms with Crippen molar-refractivity contribution in [2.75, 3.05) is 19.0 Å². The average molecular weight is 412 g/mol. The minimum Gasteiger partial charge on any atom is -0.487 e. The molecule has 1 fully saturated rings. The second kappa shape index (κ2) is 8.81. The summed E-state index contributed by atoms with van der Waals surface area (Å²) in [5.41, 5.74) is 2.50. The molecule has 8 nitrogen and oxygen atoms in total. The van der Waals surface area contributed by atoms with Crippen LogP contribution in [0.2, 0.25) is 0 Å². The Kier molecular flexibility index (Phi) is 5.96. The highest BCUT2D eigenvalue weighted by Crippen LogP contribution is 2.47. The molecule has 8 heteroatoms. The molecular weight excluding hydrogens is 388 g/mol. The molecule has 30 heavy (non-hydrogen) atoms. The molecule has 0 radical (unpaired) electrons. The Hall–Kier alpha value is -2.97. The van der Waals surface area contributed by atoms with Crippen molar-refractivity contribution in [3.05, 3.63) is 53.9 Å². The second-order valence-electron chi connectivity index (χ2n) is 7.52. The number of nitrogens with zero attached hydrogens (tertiary/aromatic N) is 1. The maximum absolute atomic E-state index is 12.4. The smallest absolute Gasteiger partial charge is 0.308 e. The molecule has 2 aromatic rings. The third-order valence-electron chi connectivity index (χ3n) is 5.52. The third kappa shape index (κ3) is 4.29. The SMILES string of the molecule is COC(=O)C[C@@H]1C[C@H]2c3cc(NC(=O)Cc4ccncc4)ccc3O[C@H]2[C@H](CO)O1. The molecule has 2 N–H and O–H groups in total. The van der Waals surface area contributed by atoms with Crippen LogP contribution in [0.25, 0.3) is 0 Å². The van der Waals surface area contributed by atoms with E-state index >= 15 is 0 Å². The van der Waals surface area contributed by atoms with Crippen molar-refractivity contribution >= 4 is 17.6 Å². The summed E-state index contributed by atoms with van der Waals surface area (Å²) >= 11 is 0. The van der Waals surface area contributed by atoms with Crippen LogP contribution in [0, 0.1) is 0 Å². The van der Waals surface area contributed by atoms with Crippen LogP contribution >= 0.6 is 0 Å². The van der Waals surface area contributed by atoms with E-state index in [2.05, 4.69) is 10.3 Å². The summed E-state index contributed by atoms with van der Waals surface area (Å²) in [4.78, 5) is 28.0. The number of fused-ring (bicyclic) bond motifs is 3.